The molecule has 0 aliphatic heterocycles. The van der Waals surface area contributed by atoms with Crippen LogP contribution in [0.2, 0.25) is 0 Å². The van der Waals surface area contributed by atoms with Crippen molar-refractivity contribution in [2.24, 2.45) is 5.92 Å². The predicted octanol–water partition coefficient (Wildman–Crippen LogP) is 3.37. The maximum atomic E-state index is 9.04. The van der Waals surface area contributed by atoms with Gasteiger partial charge in [0.15, 0.2) is 0 Å². The highest BCUT2D eigenvalue weighted by Crippen LogP contribution is 2.22. The lowest BCUT2D eigenvalue weighted by Gasteiger charge is -2.17. The molecule has 2 aromatic rings. The molecule has 2 rings (SSSR count). The summed E-state index contributed by atoms with van der Waals surface area (Å²) in [5.74, 6) is 1.31. The summed E-state index contributed by atoms with van der Waals surface area (Å²) in [6.07, 6.45) is 3.79. The largest absolute Gasteiger partial charge is 0.467 e. The van der Waals surface area contributed by atoms with E-state index in [-0.39, 0.29) is 12.6 Å². The minimum atomic E-state index is 0.0932. The van der Waals surface area contributed by atoms with Gasteiger partial charge in [-0.05, 0) is 43.0 Å². The van der Waals surface area contributed by atoms with E-state index in [1.54, 1.807) is 6.26 Å². The van der Waals surface area contributed by atoms with E-state index in [1.165, 1.54) is 5.56 Å². The zero-order chi connectivity index (χ0) is 14.2. The van der Waals surface area contributed by atoms with E-state index in [4.69, 9.17) is 9.52 Å². The van der Waals surface area contributed by atoms with Crippen LogP contribution in [0, 0.1) is 5.92 Å². The molecule has 1 heterocycles. The molecule has 3 heteroatoms. The van der Waals surface area contributed by atoms with Crippen LogP contribution in [0.3, 0.4) is 0 Å². The first-order valence-corrected chi connectivity index (χ1v) is 7.24. The normalized spacial score (nSPS) is 14.1. The van der Waals surface area contributed by atoms with Crippen LogP contribution in [0.5, 0.6) is 0 Å². The number of nitrogens with one attached hydrogen (secondary N) is 1. The van der Waals surface area contributed by atoms with Crippen LogP contribution in [0.25, 0.3) is 0 Å². The third kappa shape index (κ3) is 4.22. The SMILES string of the molecule is CC(CO)CCCNC(c1ccccc1)c1ccco1. The smallest absolute Gasteiger partial charge is 0.125 e. The number of aliphatic hydroxyl groups is 1. The van der Waals surface area contributed by atoms with Crippen molar-refractivity contribution in [1.82, 2.24) is 5.32 Å². The van der Waals surface area contributed by atoms with Crippen LogP contribution in [0.1, 0.15) is 37.1 Å². The Bertz CT molecular complexity index is 467. The van der Waals surface area contributed by atoms with Gasteiger partial charge in [-0.25, -0.2) is 0 Å². The fraction of sp³-hybridized carbons (Fsp3) is 0.412. The molecule has 1 aromatic carbocycles. The first-order valence-electron chi connectivity index (χ1n) is 7.24. The fourth-order valence-corrected chi connectivity index (χ4v) is 2.27. The zero-order valence-corrected chi connectivity index (χ0v) is 12.0. The molecule has 3 nitrogen and oxygen atoms in total. The molecule has 0 saturated heterocycles. The van der Waals surface area contributed by atoms with Crippen LogP contribution < -0.4 is 5.32 Å². The summed E-state index contributed by atoms with van der Waals surface area (Å²) in [4.78, 5) is 0. The maximum absolute atomic E-state index is 9.04. The van der Waals surface area contributed by atoms with E-state index in [0.29, 0.717) is 5.92 Å². The number of benzene rings is 1. The Morgan fingerprint density at radius 3 is 2.60 bits per heavy atom. The Kier molecular flexibility index (Phi) is 5.84. The highest BCUT2D eigenvalue weighted by atomic mass is 16.3. The monoisotopic (exact) mass is 273 g/mol. The quantitative estimate of drug-likeness (QED) is 0.725. The fourth-order valence-electron chi connectivity index (χ4n) is 2.27. The van der Waals surface area contributed by atoms with Gasteiger partial charge in [0.25, 0.3) is 0 Å². The minimum absolute atomic E-state index is 0.0932. The van der Waals surface area contributed by atoms with Crippen molar-refractivity contribution in [1.29, 1.82) is 0 Å². The van der Waals surface area contributed by atoms with Crippen LogP contribution in [0.15, 0.2) is 53.1 Å². The van der Waals surface area contributed by atoms with E-state index in [9.17, 15) is 0 Å². The van der Waals surface area contributed by atoms with Gasteiger partial charge in [0.1, 0.15) is 5.76 Å². The van der Waals surface area contributed by atoms with Gasteiger partial charge in [0.2, 0.25) is 0 Å². The summed E-state index contributed by atoms with van der Waals surface area (Å²) >= 11 is 0. The number of aliphatic hydroxyl groups excluding tert-OH is 1. The van der Waals surface area contributed by atoms with Crippen molar-refractivity contribution in [2.45, 2.75) is 25.8 Å². The number of hydrogen-bond donors (Lipinski definition) is 2. The molecule has 2 unspecified atom stereocenters. The van der Waals surface area contributed by atoms with E-state index in [0.717, 1.165) is 25.1 Å². The van der Waals surface area contributed by atoms with E-state index < -0.39 is 0 Å². The van der Waals surface area contributed by atoms with Crippen molar-refractivity contribution in [2.75, 3.05) is 13.2 Å². The van der Waals surface area contributed by atoms with Gasteiger partial charge < -0.3 is 14.8 Å². The molecular formula is C17H23NO2. The summed E-state index contributed by atoms with van der Waals surface area (Å²) in [5, 5.41) is 12.6. The summed E-state index contributed by atoms with van der Waals surface area (Å²) in [7, 11) is 0. The molecule has 0 radical (unpaired) electrons. The lowest BCUT2D eigenvalue weighted by molar-refractivity contribution is 0.227. The number of furan rings is 1. The lowest BCUT2D eigenvalue weighted by Crippen LogP contribution is -2.23. The van der Waals surface area contributed by atoms with Crippen LogP contribution >= 0.6 is 0 Å². The highest BCUT2D eigenvalue weighted by molar-refractivity contribution is 5.26. The molecule has 0 spiro atoms. The first kappa shape index (κ1) is 14.8. The Hall–Kier alpha value is -1.58. The van der Waals surface area contributed by atoms with Gasteiger partial charge in [0, 0.05) is 6.61 Å². The van der Waals surface area contributed by atoms with Gasteiger partial charge in [-0.2, -0.15) is 0 Å². The van der Waals surface area contributed by atoms with Crippen molar-refractivity contribution in [3.8, 4) is 0 Å². The lowest BCUT2D eigenvalue weighted by atomic mass is 10.0. The maximum Gasteiger partial charge on any atom is 0.125 e. The molecule has 0 fully saturated rings. The average Bonchev–Trinajstić information content (AvgIpc) is 3.02. The summed E-state index contributed by atoms with van der Waals surface area (Å²) in [6, 6.07) is 14.3. The van der Waals surface area contributed by atoms with Gasteiger partial charge in [-0.1, -0.05) is 37.3 Å². The molecule has 0 bridgehead atoms. The Morgan fingerprint density at radius 2 is 1.95 bits per heavy atom. The van der Waals surface area contributed by atoms with Crippen molar-refractivity contribution < 1.29 is 9.52 Å². The van der Waals surface area contributed by atoms with Crippen LogP contribution in [-0.4, -0.2) is 18.3 Å². The second kappa shape index (κ2) is 7.88. The van der Waals surface area contributed by atoms with Crippen LogP contribution in [-0.2, 0) is 0 Å². The summed E-state index contributed by atoms with van der Waals surface area (Å²) in [5.41, 5.74) is 1.21. The molecule has 108 valence electrons. The second-order valence-electron chi connectivity index (χ2n) is 5.24. The molecule has 0 aliphatic rings. The van der Waals surface area contributed by atoms with Crippen molar-refractivity contribution in [3.63, 3.8) is 0 Å². The van der Waals surface area contributed by atoms with E-state index in [1.807, 2.05) is 30.3 Å². The molecule has 1 aromatic heterocycles. The first-order chi connectivity index (χ1) is 9.81. The van der Waals surface area contributed by atoms with E-state index in [2.05, 4.69) is 24.4 Å². The molecule has 0 saturated carbocycles. The van der Waals surface area contributed by atoms with Crippen LogP contribution in [0.4, 0.5) is 0 Å². The molecule has 2 atom stereocenters. The standard InChI is InChI=1S/C17H23NO2/c1-14(13-19)7-5-11-18-17(16-10-6-12-20-16)15-8-3-2-4-9-15/h2-4,6,8-10,12,14,17-19H,5,7,11,13H2,1H3. The van der Waals surface area contributed by atoms with Crippen molar-refractivity contribution >= 4 is 0 Å². The molecular weight excluding hydrogens is 250 g/mol. The number of hydrogen-bond acceptors (Lipinski definition) is 3. The van der Waals surface area contributed by atoms with Gasteiger partial charge in [0.05, 0.1) is 12.3 Å². The molecule has 2 N–H and O–H groups in total. The third-order valence-electron chi connectivity index (χ3n) is 3.49. The topological polar surface area (TPSA) is 45.4 Å². The Balaban J connectivity index is 1.95. The van der Waals surface area contributed by atoms with Gasteiger partial charge in [-0.3, -0.25) is 0 Å². The van der Waals surface area contributed by atoms with Gasteiger partial charge >= 0.3 is 0 Å². The average molecular weight is 273 g/mol. The number of rotatable bonds is 8. The molecule has 20 heavy (non-hydrogen) atoms. The summed E-state index contributed by atoms with van der Waals surface area (Å²) < 4.78 is 5.55. The van der Waals surface area contributed by atoms with Gasteiger partial charge in [-0.15, -0.1) is 0 Å². The summed E-state index contributed by atoms with van der Waals surface area (Å²) in [6.45, 7) is 3.24. The minimum Gasteiger partial charge on any atom is -0.467 e. The Labute approximate surface area is 120 Å². The highest BCUT2D eigenvalue weighted by Gasteiger charge is 2.15. The predicted molar refractivity (Wildman–Crippen MR) is 80.5 cm³/mol. The Morgan fingerprint density at radius 1 is 1.15 bits per heavy atom. The molecule has 0 amide bonds. The van der Waals surface area contributed by atoms with Crippen molar-refractivity contribution in [3.05, 3.63) is 60.1 Å². The van der Waals surface area contributed by atoms with E-state index >= 15 is 0 Å². The zero-order valence-electron chi connectivity index (χ0n) is 12.0. The molecule has 0 aliphatic carbocycles. The second-order valence-corrected chi connectivity index (χ2v) is 5.24. The third-order valence-corrected chi connectivity index (χ3v) is 3.49.